The molecule has 28 heavy (non-hydrogen) atoms. The van der Waals surface area contributed by atoms with Crippen LogP contribution in [0.25, 0.3) is 10.8 Å². The normalized spacial score (nSPS) is 10.1. The number of H-pyrrole nitrogens is 1. The standard InChI is InChI=1S/C22H14N4O2/c27-21-19-10-2-1-9-18(19)20(25-26-21)22(28)24-17-8-5-6-15(14-17)11-12-16-7-3-4-13-23-16/h1-10,13-14H,(H,24,28)(H,26,27). The summed E-state index contributed by atoms with van der Waals surface area (Å²) in [6.07, 6.45) is 1.68. The molecular formula is C22H14N4O2. The summed E-state index contributed by atoms with van der Waals surface area (Å²) in [5.41, 5.74) is 1.80. The average molecular weight is 366 g/mol. The number of nitrogens with one attached hydrogen (secondary N) is 2. The predicted octanol–water partition coefficient (Wildman–Crippen LogP) is 2.97. The molecule has 0 fully saturated rings. The Morgan fingerprint density at radius 1 is 0.929 bits per heavy atom. The molecule has 0 spiro atoms. The van der Waals surface area contributed by atoms with E-state index in [0.29, 0.717) is 22.2 Å². The largest absolute Gasteiger partial charge is 0.321 e. The molecule has 0 aliphatic carbocycles. The molecule has 0 unspecified atom stereocenters. The molecule has 0 saturated heterocycles. The van der Waals surface area contributed by atoms with Crippen LogP contribution in [0.1, 0.15) is 21.7 Å². The highest BCUT2D eigenvalue weighted by Crippen LogP contribution is 2.15. The fraction of sp³-hybridized carbons (Fsp3) is 0. The van der Waals surface area contributed by atoms with E-state index in [4.69, 9.17) is 0 Å². The molecule has 1 amide bonds. The topological polar surface area (TPSA) is 87.7 Å². The second-order valence-corrected chi connectivity index (χ2v) is 5.95. The highest BCUT2D eigenvalue weighted by molar-refractivity contribution is 6.11. The Kier molecular flexibility index (Phi) is 4.64. The number of benzene rings is 2. The first kappa shape index (κ1) is 17.2. The third kappa shape index (κ3) is 3.64. The summed E-state index contributed by atoms with van der Waals surface area (Å²) >= 11 is 0. The number of aromatic nitrogens is 3. The molecule has 0 atom stereocenters. The second-order valence-electron chi connectivity index (χ2n) is 5.95. The summed E-state index contributed by atoms with van der Waals surface area (Å²) in [5.74, 6) is 5.59. The van der Waals surface area contributed by atoms with Crippen molar-refractivity contribution in [1.82, 2.24) is 15.2 Å². The van der Waals surface area contributed by atoms with Crippen LogP contribution in [0.5, 0.6) is 0 Å². The molecule has 0 aliphatic rings. The van der Waals surface area contributed by atoms with Crippen LogP contribution in [-0.2, 0) is 0 Å². The summed E-state index contributed by atoms with van der Waals surface area (Å²) in [4.78, 5) is 28.7. The molecule has 0 saturated carbocycles. The number of hydrogen-bond donors (Lipinski definition) is 2. The minimum Gasteiger partial charge on any atom is -0.321 e. The minimum absolute atomic E-state index is 0.153. The fourth-order valence-corrected chi connectivity index (χ4v) is 2.73. The molecule has 6 nitrogen and oxygen atoms in total. The van der Waals surface area contributed by atoms with Gasteiger partial charge >= 0.3 is 0 Å². The Hall–Kier alpha value is -4.24. The lowest BCUT2D eigenvalue weighted by Gasteiger charge is -2.07. The molecule has 134 valence electrons. The van der Waals surface area contributed by atoms with Gasteiger partial charge in [0.05, 0.1) is 5.39 Å². The predicted molar refractivity (Wildman–Crippen MR) is 107 cm³/mol. The number of carbonyl (C=O) groups excluding carboxylic acids is 1. The zero-order valence-electron chi connectivity index (χ0n) is 14.6. The SMILES string of the molecule is O=C(Nc1cccc(C#Cc2ccccn2)c1)c1n[nH]c(=O)c2ccccc12. The highest BCUT2D eigenvalue weighted by atomic mass is 16.2. The third-order valence-electron chi connectivity index (χ3n) is 4.03. The van der Waals surface area contributed by atoms with Crippen molar-refractivity contribution in [3.63, 3.8) is 0 Å². The zero-order chi connectivity index (χ0) is 19.3. The van der Waals surface area contributed by atoms with Gasteiger partial charge in [0.2, 0.25) is 0 Å². The van der Waals surface area contributed by atoms with Crippen LogP contribution >= 0.6 is 0 Å². The highest BCUT2D eigenvalue weighted by Gasteiger charge is 2.14. The van der Waals surface area contributed by atoms with Crippen molar-refractivity contribution >= 4 is 22.4 Å². The summed E-state index contributed by atoms with van der Waals surface area (Å²) in [7, 11) is 0. The molecule has 4 rings (SSSR count). The van der Waals surface area contributed by atoms with E-state index >= 15 is 0 Å². The van der Waals surface area contributed by atoms with Gasteiger partial charge in [0, 0.05) is 22.8 Å². The van der Waals surface area contributed by atoms with Crippen molar-refractivity contribution in [2.45, 2.75) is 0 Å². The van der Waals surface area contributed by atoms with Gasteiger partial charge in [-0.05, 0) is 42.3 Å². The molecule has 2 N–H and O–H groups in total. The maximum atomic E-state index is 12.7. The van der Waals surface area contributed by atoms with E-state index in [1.165, 1.54) is 0 Å². The smallest absolute Gasteiger partial charge is 0.276 e. The van der Waals surface area contributed by atoms with Gasteiger partial charge < -0.3 is 5.32 Å². The maximum absolute atomic E-state index is 12.7. The van der Waals surface area contributed by atoms with E-state index in [1.807, 2.05) is 24.3 Å². The summed E-state index contributed by atoms with van der Waals surface area (Å²) < 4.78 is 0. The Bertz CT molecular complexity index is 1280. The van der Waals surface area contributed by atoms with E-state index in [2.05, 4.69) is 32.3 Å². The number of nitrogens with zero attached hydrogens (tertiary/aromatic N) is 2. The van der Waals surface area contributed by atoms with Gasteiger partial charge in [-0.3, -0.25) is 9.59 Å². The van der Waals surface area contributed by atoms with Crippen LogP contribution in [0, 0.1) is 11.8 Å². The Labute approximate surface area is 160 Å². The molecule has 0 radical (unpaired) electrons. The van der Waals surface area contributed by atoms with Crippen LogP contribution in [0.15, 0.2) is 77.7 Å². The first-order valence-corrected chi connectivity index (χ1v) is 8.52. The van der Waals surface area contributed by atoms with Gasteiger partial charge in [0.25, 0.3) is 11.5 Å². The quantitative estimate of drug-likeness (QED) is 0.534. The van der Waals surface area contributed by atoms with Crippen LogP contribution < -0.4 is 10.9 Å². The average Bonchev–Trinajstić information content (AvgIpc) is 2.74. The third-order valence-corrected chi connectivity index (χ3v) is 4.03. The molecule has 2 heterocycles. The fourth-order valence-electron chi connectivity index (χ4n) is 2.73. The Balaban J connectivity index is 1.60. The van der Waals surface area contributed by atoms with Crippen LogP contribution in [0.4, 0.5) is 5.69 Å². The van der Waals surface area contributed by atoms with Gasteiger partial charge in [-0.15, -0.1) is 0 Å². The number of carbonyl (C=O) groups is 1. The van der Waals surface area contributed by atoms with Crippen LogP contribution in [0.2, 0.25) is 0 Å². The summed E-state index contributed by atoms with van der Waals surface area (Å²) in [6, 6.07) is 19.5. The molecule has 2 aromatic heterocycles. The number of aromatic amines is 1. The van der Waals surface area contributed by atoms with Gasteiger partial charge in [-0.1, -0.05) is 36.3 Å². The van der Waals surface area contributed by atoms with Crippen LogP contribution in [0.3, 0.4) is 0 Å². The van der Waals surface area contributed by atoms with Gasteiger partial charge in [0.1, 0.15) is 5.69 Å². The van der Waals surface area contributed by atoms with E-state index < -0.39 is 5.91 Å². The first-order valence-electron chi connectivity index (χ1n) is 8.52. The van der Waals surface area contributed by atoms with E-state index in [9.17, 15) is 9.59 Å². The van der Waals surface area contributed by atoms with Crippen molar-refractivity contribution < 1.29 is 4.79 Å². The number of pyridine rings is 1. The van der Waals surface area contributed by atoms with Crippen molar-refractivity contribution in [3.05, 3.63) is 100 Å². The lowest BCUT2D eigenvalue weighted by atomic mass is 10.1. The monoisotopic (exact) mass is 366 g/mol. The second kappa shape index (κ2) is 7.56. The van der Waals surface area contributed by atoms with Gasteiger partial charge in [-0.2, -0.15) is 5.10 Å². The number of anilines is 1. The summed E-state index contributed by atoms with van der Waals surface area (Å²) in [5, 5.41) is 9.99. The Morgan fingerprint density at radius 2 is 1.75 bits per heavy atom. The zero-order valence-corrected chi connectivity index (χ0v) is 14.6. The van der Waals surface area contributed by atoms with Gasteiger partial charge in [0.15, 0.2) is 5.69 Å². The first-order chi connectivity index (χ1) is 13.7. The van der Waals surface area contributed by atoms with Crippen LogP contribution in [-0.4, -0.2) is 21.1 Å². The van der Waals surface area contributed by atoms with E-state index in [-0.39, 0.29) is 11.3 Å². The van der Waals surface area contributed by atoms with Crippen molar-refractivity contribution in [2.75, 3.05) is 5.32 Å². The van der Waals surface area contributed by atoms with Crippen molar-refractivity contribution in [1.29, 1.82) is 0 Å². The molecule has 6 heteroatoms. The number of amides is 1. The number of hydrogen-bond acceptors (Lipinski definition) is 4. The van der Waals surface area contributed by atoms with Crippen molar-refractivity contribution in [2.24, 2.45) is 0 Å². The molecule has 0 aliphatic heterocycles. The van der Waals surface area contributed by atoms with E-state index in [1.54, 1.807) is 48.7 Å². The number of fused-ring (bicyclic) bond motifs is 1. The number of rotatable bonds is 2. The molecule has 2 aromatic carbocycles. The minimum atomic E-state index is -0.415. The molecular weight excluding hydrogens is 352 g/mol. The maximum Gasteiger partial charge on any atom is 0.276 e. The summed E-state index contributed by atoms with van der Waals surface area (Å²) in [6.45, 7) is 0. The van der Waals surface area contributed by atoms with E-state index in [0.717, 1.165) is 5.56 Å². The Morgan fingerprint density at radius 3 is 2.57 bits per heavy atom. The van der Waals surface area contributed by atoms with Crippen molar-refractivity contribution in [3.8, 4) is 11.8 Å². The molecule has 0 bridgehead atoms. The molecule has 4 aromatic rings. The lowest BCUT2D eigenvalue weighted by molar-refractivity contribution is 0.102. The lowest BCUT2D eigenvalue weighted by Crippen LogP contribution is -2.19. The van der Waals surface area contributed by atoms with Gasteiger partial charge in [-0.25, -0.2) is 10.1 Å².